The first-order chi connectivity index (χ1) is 7.28. The second-order valence-electron chi connectivity index (χ2n) is 4.11. The molecule has 4 nitrogen and oxygen atoms in total. The molecule has 1 N–H and O–H groups in total. The minimum atomic E-state index is -0.549. The molecule has 0 aromatic carbocycles. The molecule has 1 amide bonds. The van der Waals surface area contributed by atoms with Crippen molar-refractivity contribution in [3.63, 3.8) is 0 Å². The van der Waals surface area contributed by atoms with Crippen molar-refractivity contribution in [2.45, 2.75) is 26.4 Å². The number of ether oxygens (including phenoxy) is 1. The molecule has 6 heteroatoms. The number of hydrogen-bond donors (Lipinski definition) is 1. The quantitative estimate of drug-likeness (QED) is 0.802. The number of pyridine rings is 1. The summed E-state index contributed by atoms with van der Waals surface area (Å²) < 4.78 is 5.68. The van der Waals surface area contributed by atoms with Gasteiger partial charge in [0.1, 0.15) is 10.2 Å². The van der Waals surface area contributed by atoms with Gasteiger partial charge in [-0.2, -0.15) is 0 Å². The number of rotatable bonds is 1. The molecule has 0 radical (unpaired) electrons. The van der Waals surface area contributed by atoms with Gasteiger partial charge in [-0.1, -0.05) is 11.6 Å². The van der Waals surface area contributed by atoms with E-state index in [0.717, 1.165) is 0 Å². The maximum Gasteiger partial charge on any atom is 0.412 e. The molecule has 1 aromatic rings. The molecule has 0 aliphatic rings. The lowest BCUT2D eigenvalue weighted by Crippen LogP contribution is -2.27. The predicted molar refractivity (Wildman–Crippen MR) is 66.8 cm³/mol. The van der Waals surface area contributed by atoms with Gasteiger partial charge in [0.15, 0.2) is 0 Å². The summed E-state index contributed by atoms with van der Waals surface area (Å²) >= 11 is 9.04. The summed E-state index contributed by atoms with van der Waals surface area (Å²) in [5.41, 5.74) is -0.0846. The third-order valence-corrected chi connectivity index (χ3v) is 2.19. The topological polar surface area (TPSA) is 51.2 Å². The van der Waals surface area contributed by atoms with Gasteiger partial charge in [-0.25, -0.2) is 9.78 Å². The van der Waals surface area contributed by atoms with Crippen molar-refractivity contribution in [3.8, 4) is 0 Å². The minimum Gasteiger partial charge on any atom is -0.444 e. The summed E-state index contributed by atoms with van der Waals surface area (Å²) in [7, 11) is 0. The van der Waals surface area contributed by atoms with Crippen LogP contribution >= 0.6 is 27.5 Å². The largest absolute Gasteiger partial charge is 0.444 e. The van der Waals surface area contributed by atoms with Crippen molar-refractivity contribution >= 4 is 39.3 Å². The molecule has 88 valence electrons. The average molecular weight is 308 g/mol. The Balaban J connectivity index is 2.73. The molecule has 0 aliphatic heterocycles. The van der Waals surface area contributed by atoms with Crippen LogP contribution in [0.4, 0.5) is 10.5 Å². The minimum absolute atomic E-state index is 0.356. The number of hydrogen-bond acceptors (Lipinski definition) is 3. The van der Waals surface area contributed by atoms with E-state index < -0.39 is 11.7 Å². The SMILES string of the molecule is CC(C)(C)OC(=O)Nc1cc(Br)ncc1Cl. The van der Waals surface area contributed by atoms with Crippen LogP contribution in [0.5, 0.6) is 0 Å². The van der Waals surface area contributed by atoms with Crippen molar-refractivity contribution < 1.29 is 9.53 Å². The highest BCUT2D eigenvalue weighted by Gasteiger charge is 2.17. The standard InChI is InChI=1S/C10H12BrClN2O2/c1-10(2,3)16-9(15)14-7-4-8(11)13-5-6(7)12/h4-5H,1-3H3,(H,13,14,15). The first-order valence-electron chi connectivity index (χ1n) is 4.59. The molecule has 1 aromatic heterocycles. The van der Waals surface area contributed by atoms with Crippen molar-refractivity contribution in [1.29, 1.82) is 0 Å². The monoisotopic (exact) mass is 306 g/mol. The first-order valence-corrected chi connectivity index (χ1v) is 5.76. The first kappa shape index (κ1) is 13.3. The van der Waals surface area contributed by atoms with Crippen LogP contribution in [0, 0.1) is 0 Å². The highest BCUT2D eigenvalue weighted by Crippen LogP contribution is 2.24. The second kappa shape index (κ2) is 5.01. The zero-order valence-electron chi connectivity index (χ0n) is 9.17. The number of amides is 1. The van der Waals surface area contributed by atoms with Gasteiger partial charge in [-0.15, -0.1) is 0 Å². The van der Waals surface area contributed by atoms with E-state index in [9.17, 15) is 4.79 Å². The molecule has 0 aliphatic carbocycles. The fourth-order valence-corrected chi connectivity index (χ4v) is 1.40. The number of nitrogens with zero attached hydrogens (tertiary/aromatic N) is 1. The van der Waals surface area contributed by atoms with E-state index in [1.807, 2.05) is 0 Å². The number of carbonyl (C=O) groups is 1. The summed E-state index contributed by atoms with van der Waals surface area (Å²) in [4.78, 5) is 15.4. The molecule has 0 saturated heterocycles. The van der Waals surface area contributed by atoms with E-state index in [0.29, 0.717) is 15.3 Å². The van der Waals surface area contributed by atoms with Crippen LogP contribution in [0.1, 0.15) is 20.8 Å². The van der Waals surface area contributed by atoms with E-state index >= 15 is 0 Å². The molecule has 1 heterocycles. The molecule has 16 heavy (non-hydrogen) atoms. The Morgan fingerprint density at radius 1 is 1.56 bits per heavy atom. The zero-order valence-corrected chi connectivity index (χ0v) is 11.5. The van der Waals surface area contributed by atoms with E-state index in [1.54, 1.807) is 26.8 Å². The molecule has 1 rings (SSSR count). The molecular weight excluding hydrogens is 295 g/mol. The Bertz CT molecular complexity index is 404. The van der Waals surface area contributed by atoms with Crippen LogP contribution in [0.3, 0.4) is 0 Å². The Labute approximate surface area is 107 Å². The van der Waals surface area contributed by atoms with Gasteiger partial charge < -0.3 is 4.74 Å². The molecule has 0 saturated carbocycles. The highest BCUT2D eigenvalue weighted by molar-refractivity contribution is 9.10. The zero-order chi connectivity index (χ0) is 12.3. The number of anilines is 1. The predicted octanol–water partition coefficient (Wildman–Crippen LogP) is 3.84. The second-order valence-corrected chi connectivity index (χ2v) is 5.33. The third kappa shape index (κ3) is 4.37. The van der Waals surface area contributed by atoms with Gasteiger partial charge in [-0.3, -0.25) is 5.32 Å². The van der Waals surface area contributed by atoms with Gasteiger partial charge in [0.05, 0.1) is 10.7 Å². The number of halogens is 2. The third-order valence-electron chi connectivity index (χ3n) is 1.46. The normalized spacial score (nSPS) is 11.1. The Morgan fingerprint density at radius 2 is 2.19 bits per heavy atom. The summed E-state index contributed by atoms with van der Waals surface area (Å²) in [6.45, 7) is 5.37. The summed E-state index contributed by atoms with van der Waals surface area (Å²) in [5, 5.41) is 2.90. The molecule has 0 bridgehead atoms. The summed E-state index contributed by atoms with van der Waals surface area (Å²) in [6.07, 6.45) is 0.894. The molecular formula is C10H12BrClN2O2. The van der Waals surface area contributed by atoms with E-state index in [1.165, 1.54) is 6.20 Å². The summed E-state index contributed by atoms with van der Waals surface area (Å²) in [5.74, 6) is 0. The smallest absolute Gasteiger partial charge is 0.412 e. The van der Waals surface area contributed by atoms with Crippen molar-refractivity contribution in [2.24, 2.45) is 0 Å². The fourth-order valence-electron chi connectivity index (χ4n) is 0.923. The Hall–Kier alpha value is -0.810. The van der Waals surface area contributed by atoms with Crippen molar-refractivity contribution in [3.05, 3.63) is 21.9 Å². The van der Waals surface area contributed by atoms with Crippen LogP contribution in [0.15, 0.2) is 16.9 Å². The molecule has 0 unspecified atom stereocenters. The fraction of sp³-hybridized carbons (Fsp3) is 0.400. The lowest BCUT2D eigenvalue weighted by molar-refractivity contribution is 0.0636. The lowest BCUT2D eigenvalue weighted by Gasteiger charge is -2.19. The maximum atomic E-state index is 11.5. The van der Waals surface area contributed by atoms with Crippen LogP contribution in [-0.2, 0) is 4.74 Å². The summed E-state index contributed by atoms with van der Waals surface area (Å²) in [6, 6.07) is 1.60. The van der Waals surface area contributed by atoms with Gasteiger partial charge in [0.2, 0.25) is 0 Å². The van der Waals surface area contributed by atoms with Crippen LogP contribution < -0.4 is 5.32 Å². The van der Waals surface area contributed by atoms with E-state index in [4.69, 9.17) is 16.3 Å². The Morgan fingerprint density at radius 3 is 2.75 bits per heavy atom. The number of aromatic nitrogens is 1. The number of nitrogens with one attached hydrogen (secondary N) is 1. The van der Waals surface area contributed by atoms with Gasteiger partial charge >= 0.3 is 6.09 Å². The van der Waals surface area contributed by atoms with Crippen LogP contribution in [-0.4, -0.2) is 16.7 Å². The average Bonchev–Trinajstić information content (AvgIpc) is 2.08. The van der Waals surface area contributed by atoms with Crippen LogP contribution in [0.25, 0.3) is 0 Å². The lowest BCUT2D eigenvalue weighted by atomic mass is 10.2. The molecule has 0 atom stereocenters. The molecule has 0 fully saturated rings. The van der Waals surface area contributed by atoms with Gasteiger partial charge in [0, 0.05) is 6.20 Å². The highest BCUT2D eigenvalue weighted by atomic mass is 79.9. The maximum absolute atomic E-state index is 11.5. The Kier molecular flexibility index (Phi) is 4.15. The van der Waals surface area contributed by atoms with Gasteiger partial charge in [0.25, 0.3) is 0 Å². The van der Waals surface area contributed by atoms with Gasteiger partial charge in [-0.05, 0) is 42.8 Å². The van der Waals surface area contributed by atoms with Crippen molar-refractivity contribution in [1.82, 2.24) is 4.98 Å². The van der Waals surface area contributed by atoms with Crippen LogP contribution in [0.2, 0.25) is 5.02 Å². The van der Waals surface area contributed by atoms with E-state index in [2.05, 4.69) is 26.2 Å². The molecule has 0 spiro atoms. The van der Waals surface area contributed by atoms with Crippen molar-refractivity contribution in [2.75, 3.05) is 5.32 Å². The number of carbonyl (C=O) groups excluding carboxylic acids is 1. The van der Waals surface area contributed by atoms with E-state index in [-0.39, 0.29) is 0 Å².